The Bertz CT molecular complexity index is 1380. The van der Waals surface area contributed by atoms with Crippen LogP contribution in [0.15, 0.2) is 97.6 Å². The highest BCUT2D eigenvalue weighted by molar-refractivity contribution is 9.10. The third-order valence-corrected chi connectivity index (χ3v) is 6.93. The first-order chi connectivity index (χ1) is 16.0. The van der Waals surface area contributed by atoms with Crippen LogP contribution in [0.5, 0.6) is 5.75 Å². The van der Waals surface area contributed by atoms with E-state index in [-0.39, 0.29) is 12.4 Å². The number of benzene rings is 3. The third-order valence-electron chi connectivity index (χ3n) is 4.99. The van der Waals surface area contributed by atoms with Crippen molar-refractivity contribution in [3.8, 4) is 5.75 Å². The van der Waals surface area contributed by atoms with Crippen LogP contribution < -0.4 is 10.1 Å². The minimum atomic E-state index is -0.0979. The van der Waals surface area contributed by atoms with Gasteiger partial charge in [0.2, 0.25) is 0 Å². The molecule has 164 valence electrons. The largest absolute Gasteiger partial charge is 0.484 e. The summed E-state index contributed by atoms with van der Waals surface area (Å²) < 4.78 is 12.4. The Morgan fingerprint density at radius 2 is 1.88 bits per heavy atom. The number of ether oxygens (including phenoxy) is 1. The van der Waals surface area contributed by atoms with Crippen LogP contribution >= 0.6 is 39.3 Å². The fraction of sp³-hybridized carbons (Fsp3) is 0.0385. The SMILES string of the molecule is O=C(/C=C/c1ccc(COc2ccc(Br)cc2Cl)o1)c1ccc2c(c1)Nc1ccccc1S2. The van der Waals surface area contributed by atoms with Gasteiger partial charge in [-0.05, 0) is 72.8 Å². The minimum absolute atomic E-state index is 0.0979. The van der Waals surface area contributed by atoms with Crippen LogP contribution in [0.25, 0.3) is 6.08 Å². The summed E-state index contributed by atoms with van der Waals surface area (Å²) in [4.78, 5) is 15.0. The number of furan rings is 1. The van der Waals surface area contributed by atoms with Crippen LogP contribution in [0, 0.1) is 0 Å². The molecule has 4 aromatic rings. The molecule has 0 atom stereocenters. The number of hydrogen-bond donors (Lipinski definition) is 1. The number of anilines is 2. The number of para-hydroxylation sites is 1. The molecule has 3 aromatic carbocycles. The fourth-order valence-corrected chi connectivity index (χ4v) is 5.05. The standard InChI is InChI=1S/C26H17BrClNO3S/c27-17-6-11-24(20(28)14-17)31-15-19-8-7-18(32-19)9-10-23(30)16-5-12-26-22(13-16)29-21-3-1-2-4-25(21)33-26/h1-14,29H,15H2/b10-9+. The van der Waals surface area contributed by atoms with Crippen molar-refractivity contribution in [1.82, 2.24) is 0 Å². The first kappa shape index (κ1) is 21.9. The Morgan fingerprint density at radius 3 is 2.76 bits per heavy atom. The summed E-state index contributed by atoms with van der Waals surface area (Å²) in [5.41, 5.74) is 2.59. The predicted molar refractivity (Wildman–Crippen MR) is 136 cm³/mol. The molecule has 0 fully saturated rings. The van der Waals surface area contributed by atoms with E-state index in [9.17, 15) is 4.79 Å². The molecule has 0 saturated heterocycles. The Kier molecular flexibility index (Phi) is 6.31. The monoisotopic (exact) mass is 537 g/mol. The Morgan fingerprint density at radius 1 is 1.03 bits per heavy atom. The summed E-state index contributed by atoms with van der Waals surface area (Å²) in [6, 6.07) is 22.8. The van der Waals surface area contributed by atoms with Gasteiger partial charge in [-0.15, -0.1) is 0 Å². The van der Waals surface area contributed by atoms with Gasteiger partial charge < -0.3 is 14.5 Å². The molecule has 1 N–H and O–H groups in total. The Hall–Kier alpha value is -2.93. The van der Waals surface area contributed by atoms with Crippen molar-refractivity contribution in [3.63, 3.8) is 0 Å². The van der Waals surface area contributed by atoms with Gasteiger partial charge in [0.15, 0.2) is 5.78 Å². The van der Waals surface area contributed by atoms with Crippen LogP contribution in [0.4, 0.5) is 11.4 Å². The lowest BCUT2D eigenvalue weighted by atomic mass is 10.1. The molecule has 0 saturated carbocycles. The molecule has 1 aliphatic heterocycles. The minimum Gasteiger partial charge on any atom is -0.484 e. The molecule has 0 aliphatic carbocycles. The van der Waals surface area contributed by atoms with Crippen molar-refractivity contribution in [2.24, 2.45) is 0 Å². The number of hydrogen-bond acceptors (Lipinski definition) is 5. The molecular formula is C26H17BrClNO3S. The molecule has 5 rings (SSSR count). The second-order valence-electron chi connectivity index (χ2n) is 7.30. The summed E-state index contributed by atoms with van der Waals surface area (Å²) in [6.07, 6.45) is 3.18. The molecule has 2 heterocycles. The maximum Gasteiger partial charge on any atom is 0.186 e. The normalized spacial score (nSPS) is 12.2. The number of halogens is 2. The van der Waals surface area contributed by atoms with Gasteiger partial charge in [-0.2, -0.15) is 0 Å². The van der Waals surface area contributed by atoms with E-state index < -0.39 is 0 Å². The van der Waals surface area contributed by atoms with Gasteiger partial charge in [0, 0.05) is 19.8 Å². The summed E-state index contributed by atoms with van der Waals surface area (Å²) >= 11 is 11.2. The Labute approximate surface area is 208 Å². The molecule has 0 radical (unpaired) electrons. The number of ketones is 1. The van der Waals surface area contributed by atoms with E-state index in [4.69, 9.17) is 20.8 Å². The van der Waals surface area contributed by atoms with E-state index in [2.05, 4.69) is 27.3 Å². The van der Waals surface area contributed by atoms with Gasteiger partial charge in [0.05, 0.1) is 16.4 Å². The van der Waals surface area contributed by atoms with Crippen molar-refractivity contribution >= 4 is 62.5 Å². The van der Waals surface area contributed by atoms with E-state index in [0.717, 1.165) is 20.7 Å². The van der Waals surface area contributed by atoms with Crippen molar-refractivity contribution in [2.45, 2.75) is 16.4 Å². The van der Waals surface area contributed by atoms with Crippen LogP contribution in [-0.4, -0.2) is 5.78 Å². The van der Waals surface area contributed by atoms with Gasteiger partial charge >= 0.3 is 0 Å². The molecule has 4 nitrogen and oxygen atoms in total. The highest BCUT2D eigenvalue weighted by Gasteiger charge is 2.16. The topological polar surface area (TPSA) is 51.5 Å². The average Bonchev–Trinajstić information content (AvgIpc) is 3.28. The zero-order chi connectivity index (χ0) is 22.8. The van der Waals surface area contributed by atoms with Gasteiger partial charge in [-0.1, -0.05) is 51.4 Å². The van der Waals surface area contributed by atoms with E-state index in [0.29, 0.717) is 27.9 Å². The first-order valence-corrected chi connectivity index (χ1v) is 12.1. The fourth-order valence-electron chi connectivity index (χ4n) is 3.35. The molecule has 0 unspecified atom stereocenters. The van der Waals surface area contributed by atoms with E-state index in [1.807, 2.05) is 48.5 Å². The zero-order valence-corrected chi connectivity index (χ0v) is 20.3. The number of rotatable bonds is 6. The van der Waals surface area contributed by atoms with Gasteiger partial charge in [-0.3, -0.25) is 4.79 Å². The van der Waals surface area contributed by atoms with Crippen LogP contribution in [0.2, 0.25) is 5.02 Å². The van der Waals surface area contributed by atoms with Gasteiger partial charge in [0.25, 0.3) is 0 Å². The smallest absolute Gasteiger partial charge is 0.186 e. The summed E-state index contributed by atoms with van der Waals surface area (Å²) in [5, 5.41) is 3.92. The highest BCUT2D eigenvalue weighted by atomic mass is 79.9. The van der Waals surface area contributed by atoms with Crippen LogP contribution in [0.1, 0.15) is 21.9 Å². The lowest BCUT2D eigenvalue weighted by Crippen LogP contribution is -2.02. The molecule has 1 aliphatic rings. The summed E-state index contributed by atoms with van der Waals surface area (Å²) in [6.45, 7) is 0.235. The molecule has 33 heavy (non-hydrogen) atoms. The predicted octanol–water partition coefficient (Wildman–Crippen LogP) is 8.38. The second-order valence-corrected chi connectivity index (χ2v) is 9.71. The lowest BCUT2D eigenvalue weighted by molar-refractivity contribution is 0.104. The number of fused-ring (bicyclic) bond motifs is 2. The van der Waals surface area contributed by atoms with E-state index in [1.165, 1.54) is 11.0 Å². The highest BCUT2D eigenvalue weighted by Crippen LogP contribution is 2.44. The van der Waals surface area contributed by atoms with Gasteiger partial charge in [-0.25, -0.2) is 0 Å². The zero-order valence-electron chi connectivity index (χ0n) is 17.2. The Balaban J connectivity index is 1.23. The van der Waals surface area contributed by atoms with Crippen molar-refractivity contribution in [1.29, 1.82) is 0 Å². The average molecular weight is 539 g/mol. The maximum atomic E-state index is 12.7. The van der Waals surface area contributed by atoms with Crippen molar-refractivity contribution < 1.29 is 13.9 Å². The number of carbonyl (C=O) groups is 1. The van der Waals surface area contributed by atoms with Gasteiger partial charge in [0.1, 0.15) is 23.9 Å². The number of nitrogens with one attached hydrogen (secondary N) is 1. The molecule has 0 spiro atoms. The number of carbonyl (C=O) groups excluding carboxylic acids is 1. The number of allylic oxidation sites excluding steroid dienone is 1. The van der Waals surface area contributed by atoms with E-state index in [1.54, 1.807) is 36.0 Å². The first-order valence-electron chi connectivity index (χ1n) is 10.1. The van der Waals surface area contributed by atoms with Crippen molar-refractivity contribution in [2.75, 3.05) is 5.32 Å². The third kappa shape index (κ3) is 5.03. The van der Waals surface area contributed by atoms with Crippen LogP contribution in [0.3, 0.4) is 0 Å². The molecule has 0 bridgehead atoms. The quantitative estimate of drug-likeness (QED) is 0.174. The molecule has 7 heteroatoms. The molecular weight excluding hydrogens is 522 g/mol. The summed E-state index contributed by atoms with van der Waals surface area (Å²) in [5.74, 6) is 1.68. The molecule has 1 aromatic heterocycles. The second kappa shape index (κ2) is 9.51. The van der Waals surface area contributed by atoms with Crippen LogP contribution in [-0.2, 0) is 6.61 Å². The van der Waals surface area contributed by atoms with E-state index >= 15 is 0 Å². The summed E-state index contributed by atoms with van der Waals surface area (Å²) in [7, 11) is 0. The lowest BCUT2D eigenvalue weighted by Gasteiger charge is -2.20. The van der Waals surface area contributed by atoms with Crippen molar-refractivity contribution in [3.05, 3.63) is 105 Å². The maximum absolute atomic E-state index is 12.7. The molecule has 0 amide bonds.